The van der Waals surface area contributed by atoms with E-state index in [4.69, 9.17) is 18.7 Å². The van der Waals surface area contributed by atoms with Gasteiger partial charge in [0.25, 0.3) is 5.91 Å². The molecule has 0 bridgehead atoms. The van der Waals surface area contributed by atoms with Crippen LogP contribution in [0.2, 0.25) is 0 Å². The van der Waals surface area contributed by atoms with E-state index >= 15 is 0 Å². The minimum absolute atomic E-state index is 0.154. The molecule has 1 heterocycles. The van der Waals surface area contributed by atoms with Crippen molar-refractivity contribution in [3.05, 3.63) is 40.8 Å². The molecular formula is C24H32N2O6. The van der Waals surface area contributed by atoms with Crippen molar-refractivity contribution in [2.45, 2.75) is 65.5 Å². The molecule has 1 saturated carbocycles. The lowest BCUT2D eigenvalue weighted by atomic mass is 9.94. The Labute approximate surface area is 188 Å². The summed E-state index contributed by atoms with van der Waals surface area (Å²) in [6.07, 6.45) is 5.52. The summed E-state index contributed by atoms with van der Waals surface area (Å²) in [7, 11) is 1.50. The van der Waals surface area contributed by atoms with Gasteiger partial charge in [0.1, 0.15) is 12.4 Å². The van der Waals surface area contributed by atoms with Gasteiger partial charge < -0.3 is 23.6 Å². The van der Waals surface area contributed by atoms with Crippen LogP contribution in [0, 0.1) is 13.8 Å². The molecule has 3 rings (SSSR count). The number of methoxy groups -OCH3 is 1. The van der Waals surface area contributed by atoms with Gasteiger partial charge in [-0.1, -0.05) is 24.4 Å². The zero-order valence-electron chi connectivity index (χ0n) is 19.3. The highest BCUT2D eigenvalue weighted by atomic mass is 16.5. The largest absolute Gasteiger partial charge is 0.493 e. The second kappa shape index (κ2) is 11.0. The van der Waals surface area contributed by atoms with Crippen LogP contribution in [0.15, 0.2) is 22.7 Å². The van der Waals surface area contributed by atoms with Gasteiger partial charge in [0.2, 0.25) is 0 Å². The molecule has 1 aliphatic carbocycles. The van der Waals surface area contributed by atoms with Crippen molar-refractivity contribution in [2.75, 3.05) is 20.3 Å². The summed E-state index contributed by atoms with van der Waals surface area (Å²) in [5.74, 6) is 0.845. The third-order valence-electron chi connectivity index (χ3n) is 5.96. The van der Waals surface area contributed by atoms with Gasteiger partial charge in [-0.05, 0) is 51.8 Å². The molecule has 8 heteroatoms. The molecule has 0 aliphatic heterocycles. The monoisotopic (exact) mass is 444 g/mol. The first-order valence-corrected chi connectivity index (χ1v) is 11.1. The molecule has 32 heavy (non-hydrogen) atoms. The summed E-state index contributed by atoms with van der Waals surface area (Å²) >= 11 is 0. The van der Waals surface area contributed by atoms with Crippen molar-refractivity contribution in [3.63, 3.8) is 0 Å². The van der Waals surface area contributed by atoms with E-state index in [0.717, 1.165) is 36.9 Å². The van der Waals surface area contributed by atoms with Gasteiger partial charge in [-0.25, -0.2) is 4.79 Å². The third-order valence-corrected chi connectivity index (χ3v) is 5.96. The summed E-state index contributed by atoms with van der Waals surface area (Å²) < 4.78 is 21.7. The predicted octanol–water partition coefficient (Wildman–Crippen LogP) is 4.22. The molecule has 0 atom stereocenters. The Bertz CT molecular complexity index is 913. The van der Waals surface area contributed by atoms with Crippen molar-refractivity contribution in [2.24, 2.45) is 0 Å². The molecule has 1 aliphatic rings. The number of nitrogens with zero attached hydrogens (tertiary/aromatic N) is 2. The Kier molecular flexibility index (Phi) is 8.14. The van der Waals surface area contributed by atoms with Crippen LogP contribution >= 0.6 is 0 Å². The fourth-order valence-electron chi connectivity index (χ4n) is 4.10. The highest BCUT2D eigenvalue weighted by Gasteiger charge is 2.25. The Morgan fingerprint density at radius 1 is 1.16 bits per heavy atom. The first-order chi connectivity index (χ1) is 15.4. The molecule has 0 N–H and O–H groups in total. The number of carbonyl (C=O) groups is 2. The summed E-state index contributed by atoms with van der Waals surface area (Å²) in [5.41, 5.74) is 1.92. The number of carbonyl (C=O) groups excluding carboxylic acids is 2. The van der Waals surface area contributed by atoms with E-state index in [0.29, 0.717) is 29.4 Å². The maximum atomic E-state index is 12.6. The molecule has 1 aromatic heterocycles. The van der Waals surface area contributed by atoms with Crippen molar-refractivity contribution in [3.8, 4) is 11.5 Å². The number of benzene rings is 1. The molecule has 0 spiro atoms. The van der Waals surface area contributed by atoms with E-state index in [9.17, 15) is 9.59 Å². The van der Waals surface area contributed by atoms with E-state index in [1.807, 2.05) is 25.7 Å². The highest BCUT2D eigenvalue weighted by Crippen LogP contribution is 2.30. The van der Waals surface area contributed by atoms with Gasteiger partial charge >= 0.3 is 5.97 Å². The molecule has 0 saturated heterocycles. The molecule has 0 unspecified atom stereocenters. The Morgan fingerprint density at radius 2 is 1.91 bits per heavy atom. The second-order valence-corrected chi connectivity index (χ2v) is 8.00. The standard InChI is InChI=1S/C24H32N2O6/c1-5-26(19-9-7-6-8-10-19)23(27)15-31-24(28)18-11-12-21(22(13-18)29-4)30-14-20-16(2)25-32-17(20)3/h11-13,19H,5-10,14-15H2,1-4H3. The lowest BCUT2D eigenvalue weighted by Gasteiger charge is -2.33. The Balaban J connectivity index is 1.59. The smallest absolute Gasteiger partial charge is 0.338 e. The molecule has 2 aromatic rings. The number of aromatic nitrogens is 1. The van der Waals surface area contributed by atoms with Gasteiger partial charge in [-0.15, -0.1) is 0 Å². The lowest BCUT2D eigenvalue weighted by Crippen LogP contribution is -2.43. The first kappa shape index (κ1) is 23.6. The Hall–Kier alpha value is -3.03. The van der Waals surface area contributed by atoms with Crippen molar-refractivity contribution in [1.29, 1.82) is 0 Å². The fourth-order valence-corrected chi connectivity index (χ4v) is 4.10. The predicted molar refractivity (Wildman–Crippen MR) is 118 cm³/mol. The summed E-state index contributed by atoms with van der Waals surface area (Å²) in [4.78, 5) is 27.0. The normalized spacial score (nSPS) is 14.1. The van der Waals surface area contributed by atoms with E-state index in [2.05, 4.69) is 5.16 Å². The van der Waals surface area contributed by atoms with Crippen LogP contribution in [0.5, 0.6) is 11.5 Å². The number of hydrogen-bond acceptors (Lipinski definition) is 7. The molecule has 1 amide bonds. The van der Waals surface area contributed by atoms with E-state index in [-0.39, 0.29) is 25.2 Å². The van der Waals surface area contributed by atoms with Gasteiger partial charge in [0, 0.05) is 12.6 Å². The van der Waals surface area contributed by atoms with Gasteiger partial charge in [0.05, 0.1) is 23.9 Å². The van der Waals surface area contributed by atoms with Crippen molar-refractivity contribution >= 4 is 11.9 Å². The number of likely N-dealkylation sites (N-methyl/N-ethyl adjacent to an activating group) is 1. The van der Waals surface area contributed by atoms with Crippen LogP contribution in [0.3, 0.4) is 0 Å². The van der Waals surface area contributed by atoms with Crippen molar-refractivity contribution in [1.82, 2.24) is 10.1 Å². The maximum absolute atomic E-state index is 12.6. The zero-order valence-corrected chi connectivity index (χ0v) is 19.3. The quantitative estimate of drug-likeness (QED) is 0.535. The molecule has 1 fully saturated rings. The number of rotatable bonds is 9. The van der Waals surface area contributed by atoms with Gasteiger partial charge in [-0.3, -0.25) is 4.79 Å². The maximum Gasteiger partial charge on any atom is 0.338 e. The molecule has 1 aromatic carbocycles. The average molecular weight is 445 g/mol. The fraction of sp³-hybridized carbons (Fsp3) is 0.542. The topological polar surface area (TPSA) is 91.1 Å². The lowest BCUT2D eigenvalue weighted by molar-refractivity contribution is -0.137. The minimum atomic E-state index is -0.575. The molecule has 0 radical (unpaired) electrons. The van der Waals surface area contributed by atoms with Crippen LogP contribution in [-0.2, 0) is 16.1 Å². The van der Waals surface area contributed by atoms with Crippen LogP contribution in [0.1, 0.15) is 66.4 Å². The number of ether oxygens (including phenoxy) is 3. The summed E-state index contributed by atoms with van der Waals surface area (Å²) in [6.45, 7) is 6.25. The van der Waals surface area contributed by atoms with Crippen molar-refractivity contribution < 1.29 is 28.3 Å². The summed E-state index contributed by atoms with van der Waals surface area (Å²) in [5, 5.41) is 3.91. The minimum Gasteiger partial charge on any atom is -0.493 e. The SMILES string of the molecule is CCN(C(=O)COC(=O)c1ccc(OCc2c(C)noc2C)c(OC)c1)C1CCCCC1. The highest BCUT2D eigenvalue weighted by molar-refractivity contribution is 5.92. The number of aryl methyl sites for hydroxylation is 2. The van der Waals surface area contributed by atoms with E-state index < -0.39 is 5.97 Å². The van der Waals surface area contributed by atoms with Gasteiger partial charge in [0.15, 0.2) is 18.1 Å². The Morgan fingerprint density at radius 3 is 2.53 bits per heavy atom. The number of hydrogen-bond donors (Lipinski definition) is 0. The number of amides is 1. The van der Waals surface area contributed by atoms with Crippen LogP contribution in [0.25, 0.3) is 0 Å². The van der Waals surface area contributed by atoms with E-state index in [1.165, 1.54) is 13.5 Å². The second-order valence-electron chi connectivity index (χ2n) is 8.00. The summed E-state index contributed by atoms with van der Waals surface area (Å²) in [6, 6.07) is 5.04. The average Bonchev–Trinajstić information content (AvgIpc) is 3.14. The van der Waals surface area contributed by atoms with Crippen LogP contribution < -0.4 is 9.47 Å². The van der Waals surface area contributed by atoms with E-state index in [1.54, 1.807) is 18.2 Å². The van der Waals surface area contributed by atoms with Crippen LogP contribution in [0.4, 0.5) is 0 Å². The molecular weight excluding hydrogens is 412 g/mol. The first-order valence-electron chi connectivity index (χ1n) is 11.1. The zero-order chi connectivity index (χ0) is 23.1. The van der Waals surface area contributed by atoms with Gasteiger partial charge in [-0.2, -0.15) is 0 Å². The third kappa shape index (κ3) is 5.60. The molecule has 174 valence electrons. The molecule has 8 nitrogen and oxygen atoms in total. The van der Waals surface area contributed by atoms with Crippen LogP contribution in [-0.4, -0.2) is 48.2 Å². The number of esters is 1.